The molecule has 94 valence electrons. The molecule has 0 aliphatic carbocycles. The van der Waals surface area contributed by atoms with E-state index in [0.29, 0.717) is 6.42 Å². The summed E-state index contributed by atoms with van der Waals surface area (Å²) in [7, 11) is 1.42. The minimum absolute atomic E-state index is 0.156. The third-order valence-electron chi connectivity index (χ3n) is 2.49. The zero-order valence-corrected chi connectivity index (χ0v) is 10.6. The minimum atomic E-state index is -0.156. The largest absolute Gasteiger partial charge is 0.493 e. The van der Waals surface area contributed by atoms with Gasteiger partial charge in [0.2, 0.25) is 0 Å². The summed E-state index contributed by atoms with van der Waals surface area (Å²) in [6.45, 7) is 2.81. The molecule has 0 fully saturated rings. The van der Waals surface area contributed by atoms with Gasteiger partial charge < -0.3 is 9.47 Å². The van der Waals surface area contributed by atoms with Crippen molar-refractivity contribution in [2.75, 3.05) is 13.7 Å². The predicted octanol–water partition coefficient (Wildman–Crippen LogP) is 2.97. The van der Waals surface area contributed by atoms with E-state index in [1.165, 1.54) is 7.11 Å². The number of ether oxygens (including phenoxy) is 2. The summed E-state index contributed by atoms with van der Waals surface area (Å²) in [4.78, 5) is 11.0. The summed E-state index contributed by atoms with van der Waals surface area (Å²) in [5, 5.41) is 0. The highest BCUT2D eigenvalue weighted by Gasteiger charge is 2.05. The van der Waals surface area contributed by atoms with Gasteiger partial charge in [0.05, 0.1) is 13.7 Å². The summed E-state index contributed by atoms with van der Waals surface area (Å²) in [5.74, 6) is 0.774. The number of esters is 1. The van der Waals surface area contributed by atoms with Crippen LogP contribution in [0.2, 0.25) is 0 Å². The lowest BCUT2D eigenvalue weighted by atomic mass is 10.1. The standard InChI is InChI=1S/C14H20O3/c1-3-11-17-13-9-5-4-7-12(13)8-6-10-14(15)16-2/h4-5,7,9H,3,6,8,10-11H2,1-2H3. The van der Waals surface area contributed by atoms with E-state index in [9.17, 15) is 4.79 Å². The SMILES string of the molecule is CCCOc1ccccc1CCCC(=O)OC. The molecule has 0 bridgehead atoms. The number of aryl methyl sites for hydroxylation is 1. The second-order valence-corrected chi connectivity index (χ2v) is 3.89. The fraction of sp³-hybridized carbons (Fsp3) is 0.500. The molecule has 1 aromatic carbocycles. The molecule has 0 spiro atoms. The van der Waals surface area contributed by atoms with Gasteiger partial charge in [-0.3, -0.25) is 4.79 Å². The molecule has 0 N–H and O–H groups in total. The first-order valence-electron chi connectivity index (χ1n) is 6.05. The van der Waals surface area contributed by atoms with E-state index in [1.54, 1.807) is 0 Å². The van der Waals surface area contributed by atoms with Crippen LogP contribution in [0, 0.1) is 0 Å². The van der Waals surface area contributed by atoms with E-state index in [1.807, 2.05) is 24.3 Å². The lowest BCUT2D eigenvalue weighted by Gasteiger charge is -2.10. The quantitative estimate of drug-likeness (QED) is 0.683. The van der Waals surface area contributed by atoms with Gasteiger partial charge in [-0.25, -0.2) is 0 Å². The normalized spacial score (nSPS) is 10.0. The summed E-state index contributed by atoms with van der Waals surface area (Å²) in [6.07, 6.45) is 3.09. The summed E-state index contributed by atoms with van der Waals surface area (Å²) in [6, 6.07) is 7.98. The predicted molar refractivity (Wildman–Crippen MR) is 67.2 cm³/mol. The van der Waals surface area contributed by atoms with Gasteiger partial charge in [-0.1, -0.05) is 25.1 Å². The van der Waals surface area contributed by atoms with E-state index in [-0.39, 0.29) is 5.97 Å². The molecule has 1 rings (SSSR count). The van der Waals surface area contributed by atoms with Crippen LogP contribution in [-0.4, -0.2) is 19.7 Å². The topological polar surface area (TPSA) is 35.5 Å². The molecule has 0 aromatic heterocycles. The first-order valence-corrected chi connectivity index (χ1v) is 6.05. The van der Waals surface area contributed by atoms with Crippen LogP contribution in [-0.2, 0) is 16.0 Å². The second-order valence-electron chi connectivity index (χ2n) is 3.89. The molecule has 0 amide bonds. The van der Waals surface area contributed by atoms with E-state index < -0.39 is 0 Å². The first kappa shape index (κ1) is 13.6. The molecule has 1 aromatic rings. The van der Waals surface area contributed by atoms with Crippen LogP contribution in [0.3, 0.4) is 0 Å². The van der Waals surface area contributed by atoms with Crippen molar-refractivity contribution >= 4 is 5.97 Å². The zero-order valence-electron chi connectivity index (χ0n) is 10.6. The third kappa shape index (κ3) is 4.89. The molecule has 3 heteroatoms. The Morgan fingerprint density at radius 3 is 2.76 bits per heavy atom. The van der Waals surface area contributed by atoms with Gasteiger partial charge in [-0.05, 0) is 30.9 Å². The molecule has 3 nitrogen and oxygen atoms in total. The molecule has 0 aliphatic heterocycles. The van der Waals surface area contributed by atoms with E-state index in [2.05, 4.69) is 11.7 Å². The average molecular weight is 236 g/mol. The fourth-order valence-corrected chi connectivity index (χ4v) is 1.59. The number of methoxy groups -OCH3 is 1. The van der Waals surface area contributed by atoms with Gasteiger partial charge in [0.15, 0.2) is 0 Å². The van der Waals surface area contributed by atoms with Crippen LogP contribution in [0.15, 0.2) is 24.3 Å². The van der Waals surface area contributed by atoms with Crippen LogP contribution in [0.25, 0.3) is 0 Å². The van der Waals surface area contributed by atoms with Crippen molar-refractivity contribution in [2.45, 2.75) is 32.6 Å². The number of carbonyl (C=O) groups excluding carboxylic acids is 1. The maximum atomic E-state index is 11.0. The number of hydrogen-bond acceptors (Lipinski definition) is 3. The molecule has 0 radical (unpaired) electrons. The fourth-order valence-electron chi connectivity index (χ4n) is 1.59. The molecule has 0 aliphatic rings. The van der Waals surface area contributed by atoms with Crippen molar-refractivity contribution < 1.29 is 14.3 Å². The monoisotopic (exact) mass is 236 g/mol. The van der Waals surface area contributed by atoms with Crippen LogP contribution in [0.1, 0.15) is 31.7 Å². The van der Waals surface area contributed by atoms with Gasteiger partial charge in [-0.15, -0.1) is 0 Å². The Hall–Kier alpha value is -1.51. The zero-order chi connectivity index (χ0) is 12.5. The van der Waals surface area contributed by atoms with Gasteiger partial charge in [0, 0.05) is 6.42 Å². The Morgan fingerprint density at radius 2 is 2.06 bits per heavy atom. The van der Waals surface area contributed by atoms with Crippen molar-refractivity contribution in [3.05, 3.63) is 29.8 Å². The Labute approximate surface area is 103 Å². The maximum absolute atomic E-state index is 11.0. The minimum Gasteiger partial charge on any atom is -0.493 e. The van der Waals surface area contributed by atoms with Crippen molar-refractivity contribution in [3.63, 3.8) is 0 Å². The molecular weight excluding hydrogens is 216 g/mol. The van der Waals surface area contributed by atoms with Gasteiger partial charge in [0.1, 0.15) is 5.75 Å². The van der Waals surface area contributed by atoms with Gasteiger partial charge in [-0.2, -0.15) is 0 Å². The van der Waals surface area contributed by atoms with E-state index in [4.69, 9.17) is 4.74 Å². The van der Waals surface area contributed by atoms with E-state index >= 15 is 0 Å². The lowest BCUT2D eigenvalue weighted by molar-refractivity contribution is -0.140. The first-order chi connectivity index (χ1) is 8.27. The third-order valence-corrected chi connectivity index (χ3v) is 2.49. The summed E-state index contributed by atoms with van der Waals surface area (Å²) in [5.41, 5.74) is 1.16. The van der Waals surface area contributed by atoms with Crippen LogP contribution < -0.4 is 4.74 Å². The molecular formula is C14H20O3. The summed E-state index contributed by atoms with van der Waals surface area (Å²) >= 11 is 0. The number of benzene rings is 1. The Balaban J connectivity index is 2.48. The van der Waals surface area contributed by atoms with Crippen molar-refractivity contribution in [3.8, 4) is 5.75 Å². The van der Waals surface area contributed by atoms with Crippen molar-refractivity contribution in [2.24, 2.45) is 0 Å². The summed E-state index contributed by atoms with van der Waals surface area (Å²) < 4.78 is 10.3. The smallest absolute Gasteiger partial charge is 0.305 e. The van der Waals surface area contributed by atoms with Gasteiger partial charge in [0.25, 0.3) is 0 Å². The molecule has 0 saturated carbocycles. The van der Waals surface area contributed by atoms with Crippen molar-refractivity contribution in [1.29, 1.82) is 0 Å². The molecule has 0 unspecified atom stereocenters. The highest BCUT2D eigenvalue weighted by Crippen LogP contribution is 2.20. The number of para-hydroxylation sites is 1. The van der Waals surface area contributed by atoms with Crippen molar-refractivity contribution in [1.82, 2.24) is 0 Å². The molecule has 0 atom stereocenters. The van der Waals surface area contributed by atoms with Crippen LogP contribution >= 0.6 is 0 Å². The Morgan fingerprint density at radius 1 is 1.29 bits per heavy atom. The molecule has 0 heterocycles. The molecule has 0 saturated heterocycles. The van der Waals surface area contributed by atoms with Crippen LogP contribution in [0.4, 0.5) is 0 Å². The van der Waals surface area contributed by atoms with Gasteiger partial charge >= 0.3 is 5.97 Å². The second kappa shape index (κ2) is 7.71. The number of rotatable bonds is 7. The maximum Gasteiger partial charge on any atom is 0.305 e. The highest BCUT2D eigenvalue weighted by atomic mass is 16.5. The van der Waals surface area contributed by atoms with E-state index in [0.717, 1.165) is 37.2 Å². The number of hydrogen-bond donors (Lipinski definition) is 0. The number of carbonyl (C=O) groups is 1. The average Bonchev–Trinajstić information content (AvgIpc) is 2.37. The molecule has 17 heavy (non-hydrogen) atoms. The van der Waals surface area contributed by atoms with Crippen LogP contribution in [0.5, 0.6) is 5.75 Å². The lowest BCUT2D eigenvalue weighted by Crippen LogP contribution is -2.02. The Kier molecular flexibility index (Phi) is 6.15. The Bertz CT molecular complexity index is 347. The highest BCUT2D eigenvalue weighted by molar-refractivity contribution is 5.69.